The molecule has 390 valence electrons. The van der Waals surface area contributed by atoms with Crippen LogP contribution in [0.2, 0.25) is 0 Å². The molecule has 1 atom stereocenters. The van der Waals surface area contributed by atoms with E-state index in [0.29, 0.717) is 23.0 Å². The van der Waals surface area contributed by atoms with Crippen LogP contribution in [0.4, 0.5) is 8.78 Å². The molecule has 8 aromatic rings. The number of phenols is 2. The number of aryl methyl sites for hydroxylation is 6. The summed E-state index contributed by atoms with van der Waals surface area (Å²) in [5.74, 6) is 2.29. The van der Waals surface area contributed by atoms with Gasteiger partial charge in [-0.3, -0.25) is 28.2 Å². The third kappa shape index (κ3) is 12.2. The molecule has 2 aliphatic heterocycles. The average molecular weight is 1050 g/mol. The Morgan fingerprint density at radius 1 is 0.533 bits per heavy atom. The highest BCUT2D eigenvalue weighted by Gasteiger charge is 2.27. The topological polar surface area (TPSA) is 99.5 Å². The first-order valence-corrected chi connectivity index (χ1v) is 27.6. The zero-order valence-corrected chi connectivity index (χ0v) is 45.4. The Morgan fingerprint density at radius 3 is 1.32 bits per heavy atom. The molecule has 75 heavy (non-hydrogen) atoms. The van der Waals surface area contributed by atoms with Crippen molar-refractivity contribution in [2.45, 2.75) is 60.8 Å². The summed E-state index contributed by atoms with van der Waals surface area (Å²) in [7, 11) is 0. The molecule has 10 rings (SSSR count). The van der Waals surface area contributed by atoms with Gasteiger partial charge in [-0.25, -0.2) is 0 Å². The molecule has 2 N–H and O–H groups in total. The number of nitrogens with zero attached hydrogens (tertiary/aromatic N) is 2. The summed E-state index contributed by atoms with van der Waals surface area (Å²) >= 11 is 2.84. The second-order valence-electron chi connectivity index (χ2n) is 20.5. The number of ketones is 2. The van der Waals surface area contributed by atoms with Crippen molar-refractivity contribution in [2.24, 2.45) is 11.8 Å². The number of fused-ring (bicyclic) bond motifs is 2. The van der Waals surface area contributed by atoms with Crippen LogP contribution in [0.3, 0.4) is 0 Å². The zero-order valence-electron chi connectivity index (χ0n) is 43.7. The molecule has 2 aromatic heterocycles. The van der Waals surface area contributed by atoms with Gasteiger partial charge in [0, 0.05) is 68.0 Å². The van der Waals surface area contributed by atoms with E-state index in [-0.39, 0.29) is 48.3 Å². The van der Waals surface area contributed by atoms with Crippen LogP contribution in [0.5, 0.6) is 23.0 Å². The number of rotatable bonds is 16. The van der Waals surface area contributed by atoms with Crippen LogP contribution in [0, 0.1) is 53.4 Å². The fraction of sp³-hybridized carbons (Fsp3) is 0.333. The van der Waals surface area contributed by atoms with E-state index in [4.69, 9.17) is 9.47 Å². The number of phenolic OH excluding ortho intramolecular Hbond substituents is 2. The predicted molar refractivity (Wildman–Crippen MR) is 303 cm³/mol. The van der Waals surface area contributed by atoms with Crippen molar-refractivity contribution in [3.63, 3.8) is 0 Å². The van der Waals surface area contributed by atoms with E-state index in [0.717, 1.165) is 157 Å². The van der Waals surface area contributed by atoms with E-state index in [1.54, 1.807) is 24.3 Å². The van der Waals surface area contributed by atoms with E-state index < -0.39 is 0 Å². The van der Waals surface area contributed by atoms with Crippen molar-refractivity contribution in [1.29, 1.82) is 0 Å². The molecule has 0 bridgehead atoms. The minimum absolute atomic E-state index is 0.00297. The Bertz CT molecular complexity index is 3290. The number of benzene rings is 6. The average Bonchev–Trinajstić information content (AvgIpc) is 4.12. The number of thiophene rings is 2. The lowest BCUT2D eigenvalue weighted by Gasteiger charge is -2.30. The van der Waals surface area contributed by atoms with Crippen molar-refractivity contribution in [2.75, 3.05) is 65.8 Å². The summed E-state index contributed by atoms with van der Waals surface area (Å²) in [6, 6.07) is 34.5. The third-order valence-electron chi connectivity index (χ3n) is 14.7. The van der Waals surface area contributed by atoms with Crippen LogP contribution in [0.15, 0.2) is 109 Å². The molecule has 0 spiro atoms. The Hall–Kier alpha value is -6.44. The van der Waals surface area contributed by atoms with E-state index >= 15 is 0 Å². The predicted octanol–water partition coefficient (Wildman–Crippen LogP) is 14.6. The van der Waals surface area contributed by atoms with Gasteiger partial charge in [0.2, 0.25) is 11.6 Å². The number of alkyl halides is 2. The number of ether oxygens (including phenoxy) is 2. The van der Waals surface area contributed by atoms with Gasteiger partial charge in [-0.05, 0) is 180 Å². The van der Waals surface area contributed by atoms with Gasteiger partial charge in [0.15, 0.2) is 0 Å². The number of halogens is 2. The molecule has 0 radical (unpaired) electrons. The zero-order chi connectivity index (χ0) is 52.9. The molecule has 0 aliphatic carbocycles. The molecule has 2 fully saturated rings. The molecular formula is C63H66F2N2O6S2. The number of hydrogen-bond donors (Lipinski definition) is 2. The monoisotopic (exact) mass is 1050 g/mol. The lowest BCUT2D eigenvalue weighted by atomic mass is 9.92. The third-order valence-corrected chi connectivity index (χ3v) is 17.0. The number of aromatic hydroxyl groups is 2. The first-order chi connectivity index (χ1) is 36.2. The summed E-state index contributed by atoms with van der Waals surface area (Å²) in [6.45, 7) is 17.9. The maximum absolute atomic E-state index is 13.9. The van der Waals surface area contributed by atoms with Gasteiger partial charge in [0.25, 0.3) is 0 Å². The summed E-state index contributed by atoms with van der Waals surface area (Å²) in [5.41, 5.74) is 11.3. The van der Waals surface area contributed by atoms with Crippen LogP contribution in [-0.2, 0) is 0 Å². The van der Waals surface area contributed by atoms with Gasteiger partial charge in [0.1, 0.15) is 36.2 Å². The maximum atomic E-state index is 13.9. The quantitative estimate of drug-likeness (QED) is 0.0924. The van der Waals surface area contributed by atoms with Crippen LogP contribution in [0.1, 0.15) is 83.1 Å². The van der Waals surface area contributed by atoms with Crippen molar-refractivity contribution in [1.82, 2.24) is 9.80 Å². The summed E-state index contributed by atoms with van der Waals surface area (Å²) in [4.78, 5) is 33.8. The van der Waals surface area contributed by atoms with Crippen molar-refractivity contribution in [3.8, 4) is 45.3 Å². The van der Waals surface area contributed by atoms with Crippen LogP contribution in [0.25, 0.3) is 42.4 Å². The second-order valence-corrected chi connectivity index (χ2v) is 22.6. The lowest BCUT2D eigenvalue weighted by molar-refractivity contribution is 0.103. The van der Waals surface area contributed by atoms with Gasteiger partial charge in [-0.2, -0.15) is 0 Å². The van der Waals surface area contributed by atoms with E-state index in [2.05, 4.69) is 21.9 Å². The molecule has 0 saturated carbocycles. The van der Waals surface area contributed by atoms with Crippen molar-refractivity contribution >= 4 is 54.4 Å². The van der Waals surface area contributed by atoms with Crippen LogP contribution >= 0.6 is 22.7 Å². The minimum Gasteiger partial charge on any atom is -0.508 e. The highest BCUT2D eigenvalue weighted by molar-refractivity contribution is 7.22. The summed E-state index contributed by atoms with van der Waals surface area (Å²) < 4.78 is 39.5. The molecule has 6 aromatic carbocycles. The number of piperidine rings is 1. The van der Waals surface area contributed by atoms with E-state index in [1.165, 1.54) is 22.7 Å². The molecule has 2 saturated heterocycles. The Kier molecular flexibility index (Phi) is 16.8. The van der Waals surface area contributed by atoms with Crippen molar-refractivity contribution < 1.29 is 38.1 Å². The smallest absolute Gasteiger partial charge is 0.204 e. The number of carbonyl (C=O) groups excluding carboxylic acids is 2. The highest BCUT2D eigenvalue weighted by Crippen LogP contribution is 2.44. The fourth-order valence-corrected chi connectivity index (χ4v) is 13.4. The molecule has 0 amide bonds. The standard InChI is InChI=1S/C32H34FNO3S.C31H32FNO3S/c1-20-16-21(2)29(22(3)17-20)31(36)32-30(27-9-6-25(35)18-28(27)38-32)24-4-7-26(8-5-24)37-15-14-34-12-10-23(19-33)11-13-34;1-19-14-20(2)28(21(3)15-19)30(35)31-29(26-9-6-24(34)16-27(26)37-31)23-4-7-25(8-5-23)36-13-12-33-11-10-22(17-32)18-33/h4-9,16-18,23,35H,10-15,19H2,1-3H3;4-9,14-16,22,34H,10-13,17-18H2,1-3H3. The summed E-state index contributed by atoms with van der Waals surface area (Å²) in [6.07, 6.45) is 2.75. The molecule has 1 unspecified atom stereocenters. The van der Waals surface area contributed by atoms with Crippen LogP contribution < -0.4 is 9.47 Å². The lowest BCUT2D eigenvalue weighted by Crippen LogP contribution is -2.36. The number of carbonyl (C=O) groups is 2. The first kappa shape index (κ1) is 53.4. The molecule has 8 nitrogen and oxygen atoms in total. The highest BCUT2D eigenvalue weighted by atomic mass is 32.1. The van der Waals surface area contributed by atoms with Gasteiger partial charge in [0.05, 0.1) is 23.1 Å². The Labute approximate surface area is 447 Å². The summed E-state index contributed by atoms with van der Waals surface area (Å²) in [5, 5.41) is 22.1. The Morgan fingerprint density at radius 2 is 0.920 bits per heavy atom. The number of hydrogen-bond acceptors (Lipinski definition) is 10. The number of likely N-dealkylation sites (tertiary alicyclic amines) is 2. The Balaban J connectivity index is 0.000000184. The molecule has 12 heteroatoms. The molecular weight excluding hydrogens is 983 g/mol. The first-order valence-electron chi connectivity index (χ1n) is 26.0. The molecule has 4 heterocycles. The van der Waals surface area contributed by atoms with Gasteiger partial charge in [-0.1, -0.05) is 59.7 Å². The van der Waals surface area contributed by atoms with E-state index in [9.17, 15) is 28.6 Å². The van der Waals surface area contributed by atoms with E-state index in [1.807, 2.05) is 114 Å². The van der Waals surface area contributed by atoms with Gasteiger partial charge >= 0.3 is 0 Å². The van der Waals surface area contributed by atoms with Crippen molar-refractivity contribution in [3.05, 3.63) is 163 Å². The van der Waals surface area contributed by atoms with Gasteiger partial charge in [-0.15, -0.1) is 22.7 Å². The SMILES string of the molecule is Cc1cc(C)c(C(=O)c2sc3cc(O)ccc3c2-c2ccc(OCCN3CCC(CF)C3)cc2)c(C)c1.Cc1cc(C)c(C(=O)c2sc3cc(O)ccc3c2-c2ccc(OCCN3CCC(CF)CC3)cc2)c(C)c1. The largest absolute Gasteiger partial charge is 0.508 e. The fourth-order valence-electron chi connectivity index (χ4n) is 11.0. The second kappa shape index (κ2) is 23.6. The normalized spacial score (nSPS) is 15.3. The van der Waals surface area contributed by atoms with Gasteiger partial charge < -0.3 is 19.7 Å². The maximum Gasteiger partial charge on any atom is 0.204 e. The molecule has 2 aliphatic rings. The minimum atomic E-state index is -0.247. The van der Waals surface area contributed by atoms with Crippen LogP contribution in [-0.4, -0.2) is 97.4 Å².